The second-order valence-corrected chi connectivity index (χ2v) is 48.4. The molecule has 4 saturated heterocycles. The van der Waals surface area contributed by atoms with E-state index in [1.807, 2.05) is 98.8 Å². The zero-order valence-electron chi connectivity index (χ0n) is 81.5. The largest absolute Gasteiger partial charge is 1.00 e. The number of ether oxygens (including phenoxy) is 10. The van der Waals surface area contributed by atoms with Crippen molar-refractivity contribution >= 4 is 138 Å². The van der Waals surface area contributed by atoms with Crippen LogP contribution in [-0.4, -0.2) is 172 Å². The summed E-state index contributed by atoms with van der Waals surface area (Å²) in [4.78, 5) is 57.6. The van der Waals surface area contributed by atoms with Gasteiger partial charge < -0.3 is 63.7 Å². The first kappa shape index (κ1) is 117. The number of thioether (sulfide) groups is 4. The van der Waals surface area contributed by atoms with Gasteiger partial charge in [0, 0.05) is 127 Å². The number of benzene rings is 8. The summed E-state index contributed by atoms with van der Waals surface area (Å²) in [6.45, 7) is 22.6. The van der Waals surface area contributed by atoms with Crippen LogP contribution >= 0.6 is 109 Å². The van der Waals surface area contributed by atoms with Gasteiger partial charge in [0.1, 0.15) is 37.1 Å². The van der Waals surface area contributed by atoms with Crippen molar-refractivity contribution in [1.82, 2.24) is 0 Å². The maximum Gasteiger partial charge on any atom is 1.00 e. The van der Waals surface area contributed by atoms with Gasteiger partial charge in [-0.1, -0.05) is 123 Å². The fourth-order valence-electron chi connectivity index (χ4n) is 20.4. The molecular formula is C106H121BrCl4F8LiNO17S4. The molecule has 8 aromatic carbocycles. The molecule has 0 spiro atoms. The van der Waals surface area contributed by atoms with Gasteiger partial charge in [-0.15, -0.1) is 35.3 Å². The van der Waals surface area contributed by atoms with Gasteiger partial charge in [-0.05, 0) is 283 Å². The Morgan fingerprint density at radius 1 is 0.394 bits per heavy atom. The summed E-state index contributed by atoms with van der Waals surface area (Å²) in [7, 11) is 0. The van der Waals surface area contributed by atoms with Crippen LogP contribution in [-0.2, 0) is 99.7 Å². The molecule has 1 amide bonds. The normalized spacial score (nSPS) is 23.3. The predicted octanol–water partition coefficient (Wildman–Crippen LogP) is 21.6. The van der Waals surface area contributed by atoms with Gasteiger partial charge in [-0.3, -0.25) is 24.0 Å². The maximum atomic E-state index is 15.4. The van der Waals surface area contributed by atoms with Gasteiger partial charge in [0.05, 0.1) is 68.8 Å². The second-order valence-electron chi connectivity index (χ2n) is 38.2. The number of carboxylic acid groups (broad SMARTS) is 1. The van der Waals surface area contributed by atoms with Crippen molar-refractivity contribution in [3.63, 3.8) is 0 Å². The Hall–Kier alpha value is -6.61. The van der Waals surface area contributed by atoms with E-state index in [4.69, 9.17) is 99.5 Å². The van der Waals surface area contributed by atoms with E-state index >= 15 is 17.6 Å². The SMILES string of the molecule is CC(=O)SCC[C@@H]1OCC[C@@]2(Cc3ccc(Cl)cc3)c3c(F)ccc(F)c3OC[C@@H]12.CC(C)(SCC[C@@H]1OCC[C@@]2(Cc3ccc(Cl)cc3)c3c(F)ccc(F)c3OC[C@@H]12)C(=O)O.CC(C)(SCC[C@@H]1OCC[C@@]2(Cc3ccc(Cl)cc3)c3c(F)ccc(F)c3OC[C@@H]12)C(N)=O.CCOC(=O)C(C)(C)Br.CCOC(=O)C(C)(C)SCC[C@@H]1OCC[C@@]2(Cc3ccc(Cl)cc3)c3c(F)ccc(F)c3OC[C@@H]12.[Li+].[OH-]. The zero-order chi connectivity index (χ0) is 102. The summed E-state index contributed by atoms with van der Waals surface area (Å²) in [5.41, 5.74) is 7.92. The molecule has 768 valence electrons. The number of halogens is 13. The van der Waals surface area contributed by atoms with Crippen LogP contribution in [0.1, 0.15) is 172 Å². The average molecular weight is 2190 g/mol. The van der Waals surface area contributed by atoms with Crippen LogP contribution in [0.3, 0.4) is 0 Å². The molecule has 8 aromatic rings. The minimum atomic E-state index is -0.917. The van der Waals surface area contributed by atoms with Gasteiger partial charge >= 0.3 is 36.8 Å². The number of carboxylic acids is 1. The van der Waals surface area contributed by atoms with E-state index < -0.39 is 92.7 Å². The van der Waals surface area contributed by atoms with Crippen molar-refractivity contribution in [2.75, 3.05) is 89.1 Å². The molecule has 142 heavy (non-hydrogen) atoms. The molecule has 18 nitrogen and oxygen atoms in total. The summed E-state index contributed by atoms with van der Waals surface area (Å²) >= 11 is 33.0. The molecule has 0 aliphatic carbocycles. The number of rotatable bonds is 29. The van der Waals surface area contributed by atoms with Crippen molar-refractivity contribution < 1.29 is 136 Å². The maximum absolute atomic E-state index is 15.4. The first-order valence-corrected chi connectivity index (χ1v) is 53.1. The van der Waals surface area contributed by atoms with E-state index in [-0.39, 0.29) is 150 Å². The topological polar surface area (TPSA) is 254 Å². The smallest absolute Gasteiger partial charge is 0.870 e. The molecule has 12 atom stereocenters. The Balaban J connectivity index is 0.000000188. The molecule has 8 aliphatic rings. The first-order chi connectivity index (χ1) is 66.3. The summed E-state index contributed by atoms with van der Waals surface area (Å²) in [5, 5.41) is 11.9. The van der Waals surface area contributed by atoms with Gasteiger partial charge in [-0.2, -0.15) is 0 Å². The third kappa shape index (κ3) is 27.7. The molecule has 0 radical (unpaired) electrons. The minimum Gasteiger partial charge on any atom is -0.870 e. The third-order valence-electron chi connectivity index (χ3n) is 27.7. The molecule has 0 saturated carbocycles. The number of nitrogens with two attached hydrogens (primary N) is 1. The molecule has 0 bridgehead atoms. The molecule has 16 rings (SSSR count). The number of primary amides is 1. The van der Waals surface area contributed by atoms with Crippen LogP contribution in [0.25, 0.3) is 0 Å². The van der Waals surface area contributed by atoms with E-state index in [1.165, 1.54) is 78.2 Å². The number of hydrogen-bond donors (Lipinski definition) is 2. The van der Waals surface area contributed by atoms with Gasteiger partial charge in [0.25, 0.3) is 0 Å². The molecule has 0 aromatic heterocycles. The zero-order valence-corrected chi connectivity index (χ0v) is 89.4. The average Bonchev–Trinajstić information content (AvgIpc) is 0.734. The summed E-state index contributed by atoms with van der Waals surface area (Å²) < 4.78 is 175. The number of carbonyl (C=O) groups excluding carboxylic acids is 4. The number of aliphatic carboxylic acids is 1. The molecule has 8 aliphatic heterocycles. The monoisotopic (exact) mass is 2190 g/mol. The van der Waals surface area contributed by atoms with Crippen LogP contribution in [0.2, 0.25) is 20.1 Å². The quantitative estimate of drug-likeness (QED) is 0.0191. The van der Waals surface area contributed by atoms with Gasteiger partial charge in [-0.25, -0.2) is 35.1 Å². The van der Waals surface area contributed by atoms with E-state index in [9.17, 15) is 46.6 Å². The fourth-order valence-corrected chi connectivity index (χ4v) is 24.7. The number of esters is 2. The number of hydrogen-bond acceptors (Lipinski definition) is 20. The minimum absolute atomic E-state index is 0. The second kappa shape index (κ2) is 51.1. The Labute approximate surface area is 883 Å². The van der Waals surface area contributed by atoms with Crippen LogP contribution in [0.5, 0.6) is 23.0 Å². The molecule has 4 N–H and O–H groups in total. The Bertz CT molecular complexity index is 5490. The van der Waals surface area contributed by atoms with Crippen molar-refractivity contribution in [1.29, 1.82) is 0 Å². The number of carbonyl (C=O) groups is 5. The van der Waals surface area contributed by atoms with Crippen LogP contribution in [0, 0.1) is 70.2 Å². The van der Waals surface area contributed by atoms with E-state index in [1.54, 1.807) is 67.5 Å². The van der Waals surface area contributed by atoms with E-state index in [2.05, 4.69) is 15.9 Å². The Kier molecular flexibility index (Phi) is 42.2. The number of alkyl halides is 1. The number of fused-ring (bicyclic) bond motifs is 12. The molecule has 0 unspecified atom stereocenters. The Morgan fingerprint density at radius 2 is 0.634 bits per heavy atom. The van der Waals surface area contributed by atoms with Crippen LogP contribution < -0.4 is 43.5 Å². The van der Waals surface area contributed by atoms with E-state index in [0.29, 0.717) is 176 Å². The predicted molar refractivity (Wildman–Crippen MR) is 542 cm³/mol. The molecular weight excluding hydrogens is 2070 g/mol. The standard InChI is InChI=1S/C27H31ClF2O4S.C25H28ClF2NO3S.C25H27ClF2O4S.C23H23ClF2O3S.C6H11BrO2.Li.H2O/c1-4-32-25(31)26(2,3)35-14-11-22-19-16-34-24-21(30)10-9-20(29)23(24)27(19,12-13-33-22)15-17-5-7-18(28)8-6-17;2*1-24(2,23(29)30)33-12-9-20-17-14-32-22-19(28)8-7-18(27)21(22)25(17,10-11-31-20)13-15-3-5-16(26)6-4-15;1-14(27)30-11-8-20-17-13-29-22-19(26)7-6-18(25)21(22)23(17,9-10-28-20)12-15-2-4-16(24)5-3-15;1-4-9-5(8)6(2,3)7;;/h5-10,19,22H,4,11-16H2,1-3H3;3-8,17,20H,9-14H2,1-2H3,(H2,29,30);3-8,17,20H,9-14H2,1-2H3,(H,29,30);2-7,17,20H,8-13H2,1H3;4H2,1-3H3;;1H2/q;;;;;+1;/p-1/t19-,22-,27-;2*17-,20-,25-;17-,20-,23-;;;/m0000.../s1. The Morgan fingerprint density at radius 3 is 0.866 bits per heavy atom. The fraction of sp³-hybridized carbons (Fsp3) is 0.500. The third-order valence-corrected chi connectivity index (χ3v) is 33.9. The summed E-state index contributed by atoms with van der Waals surface area (Å²) in [6, 6.07) is 39.0. The molecule has 4 fully saturated rings. The van der Waals surface area contributed by atoms with Gasteiger partial charge in [0.15, 0.2) is 51.4 Å². The molecule has 36 heteroatoms. The van der Waals surface area contributed by atoms with Crippen molar-refractivity contribution in [2.24, 2.45) is 29.4 Å². The summed E-state index contributed by atoms with van der Waals surface area (Å²) in [5.74, 6) is -4.01. The van der Waals surface area contributed by atoms with Crippen LogP contribution in [0.15, 0.2) is 146 Å². The van der Waals surface area contributed by atoms with Crippen molar-refractivity contribution in [2.45, 2.75) is 218 Å². The van der Waals surface area contributed by atoms with Crippen LogP contribution in [0.4, 0.5) is 35.1 Å². The van der Waals surface area contributed by atoms with Crippen molar-refractivity contribution in [3.8, 4) is 23.0 Å². The summed E-state index contributed by atoms with van der Waals surface area (Å²) in [6.07, 6.45) is 5.87. The van der Waals surface area contributed by atoms with Gasteiger partial charge in [0.2, 0.25) is 5.91 Å². The van der Waals surface area contributed by atoms with Crippen molar-refractivity contribution in [3.05, 3.63) is 257 Å². The van der Waals surface area contributed by atoms with E-state index in [0.717, 1.165) is 46.5 Å². The molecule has 8 heterocycles. The number of amides is 1. The first-order valence-electron chi connectivity index (χ1n) is 46.9.